The second-order valence-corrected chi connectivity index (χ2v) is 9.87. The van der Waals surface area contributed by atoms with Crippen LogP contribution in [0.2, 0.25) is 0 Å². The average molecular weight is 487 g/mol. The number of para-hydroxylation sites is 1. The molecule has 1 saturated heterocycles. The van der Waals surface area contributed by atoms with Gasteiger partial charge in [-0.3, -0.25) is 10.1 Å². The number of nitro groups is 1. The highest BCUT2D eigenvalue weighted by Gasteiger charge is 2.34. The van der Waals surface area contributed by atoms with Crippen LogP contribution in [0.4, 0.5) is 11.6 Å². The van der Waals surface area contributed by atoms with E-state index >= 15 is 0 Å². The van der Waals surface area contributed by atoms with Crippen LogP contribution in [0.1, 0.15) is 0 Å². The predicted octanol–water partition coefficient (Wildman–Crippen LogP) is 2.61. The van der Waals surface area contributed by atoms with Crippen LogP contribution in [0.15, 0.2) is 56.8 Å². The lowest BCUT2D eigenvalue weighted by atomic mass is 10.2. The molecule has 34 heavy (non-hydrogen) atoms. The Bertz CT molecular complexity index is 1350. The molecule has 0 bridgehead atoms. The number of nitrogens with zero attached hydrogens (tertiary/aromatic N) is 4. The van der Waals surface area contributed by atoms with Gasteiger partial charge in [0.1, 0.15) is 18.8 Å². The van der Waals surface area contributed by atoms with Crippen LogP contribution >= 0.6 is 0 Å². The molecule has 2 aromatic carbocycles. The SMILES string of the molecule is CN1CCN(c2oc(-c3ccccc3[N+](=O)[O-])nc2S(=O)(=O)c2ccc3c(c2)OCCO3)CC1. The monoisotopic (exact) mass is 486 g/mol. The van der Waals surface area contributed by atoms with Crippen LogP contribution in [0.3, 0.4) is 0 Å². The zero-order valence-corrected chi connectivity index (χ0v) is 19.2. The van der Waals surface area contributed by atoms with E-state index in [1.807, 2.05) is 7.05 Å². The molecule has 3 aromatic rings. The molecule has 0 N–H and O–H groups in total. The third-order valence-corrected chi connectivity index (χ3v) is 7.43. The molecule has 1 fully saturated rings. The summed E-state index contributed by atoms with van der Waals surface area (Å²) in [5, 5.41) is 11.3. The third-order valence-electron chi connectivity index (χ3n) is 5.78. The molecular formula is C22H22N4O7S. The minimum Gasteiger partial charge on any atom is -0.486 e. The maximum atomic E-state index is 13.7. The molecule has 0 aliphatic carbocycles. The van der Waals surface area contributed by atoms with Crippen molar-refractivity contribution in [3.05, 3.63) is 52.6 Å². The summed E-state index contributed by atoms with van der Waals surface area (Å²) in [6.45, 7) is 3.14. The van der Waals surface area contributed by atoms with Gasteiger partial charge in [0, 0.05) is 38.3 Å². The first-order chi connectivity index (χ1) is 16.3. The lowest BCUT2D eigenvalue weighted by Crippen LogP contribution is -2.44. The normalized spacial score (nSPS) is 16.4. The second-order valence-electron chi connectivity index (χ2n) is 8.00. The van der Waals surface area contributed by atoms with E-state index in [1.165, 1.54) is 30.3 Å². The molecule has 0 unspecified atom stereocenters. The Balaban J connectivity index is 1.64. The van der Waals surface area contributed by atoms with Crippen molar-refractivity contribution in [1.29, 1.82) is 0 Å². The van der Waals surface area contributed by atoms with Crippen molar-refractivity contribution in [1.82, 2.24) is 9.88 Å². The summed E-state index contributed by atoms with van der Waals surface area (Å²) in [5.74, 6) is 0.731. The predicted molar refractivity (Wildman–Crippen MR) is 121 cm³/mol. The number of ether oxygens (including phenoxy) is 2. The number of oxazole rings is 1. The van der Waals surface area contributed by atoms with E-state index in [-0.39, 0.29) is 32.9 Å². The number of fused-ring (bicyclic) bond motifs is 1. The van der Waals surface area contributed by atoms with E-state index in [0.29, 0.717) is 50.9 Å². The molecule has 5 rings (SSSR count). The minimum atomic E-state index is -4.15. The lowest BCUT2D eigenvalue weighted by molar-refractivity contribution is -0.384. The number of benzene rings is 2. The number of aromatic nitrogens is 1. The summed E-state index contributed by atoms with van der Waals surface area (Å²) in [7, 11) is -2.18. The van der Waals surface area contributed by atoms with Gasteiger partial charge in [-0.1, -0.05) is 12.1 Å². The van der Waals surface area contributed by atoms with Crippen molar-refractivity contribution >= 4 is 21.4 Å². The van der Waals surface area contributed by atoms with E-state index in [2.05, 4.69) is 9.88 Å². The first kappa shape index (κ1) is 22.2. The van der Waals surface area contributed by atoms with Gasteiger partial charge in [0.05, 0.1) is 9.82 Å². The van der Waals surface area contributed by atoms with Gasteiger partial charge in [0.15, 0.2) is 11.5 Å². The molecule has 1 aromatic heterocycles. The summed E-state index contributed by atoms with van der Waals surface area (Å²) in [6, 6.07) is 10.3. The number of likely N-dealkylation sites (N-methyl/N-ethyl adjacent to an activating group) is 1. The molecule has 11 nitrogen and oxygen atoms in total. The van der Waals surface area contributed by atoms with E-state index in [0.717, 1.165) is 0 Å². The molecular weight excluding hydrogens is 464 g/mol. The quantitative estimate of drug-likeness (QED) is 0.392. The molecule has 0 spiro atoms. The number of hydrogen-bond acceptors (Lipinski definition) is 10. The Morgan fingerprint density at radius 2 is 1.71 bits per heavy atom. The zero-order chi connectivity index (χ0) is 23.9. The molecule has 2 aliphatic heterocycles. The molecule has 0 radical (unpaired) electrons. The zero-order valence-electron chi connectivity index (χ0n) is 18.3. The first-order valence-corrected chi connectivity index (χ1v) is 12.2. The lowest BCUT2D eigenvalue weighted by Gasteiger charge is -2.32. The summed E-state index contributed by atoms with van der Waals surface area (Å²) < 4.78 is 44.4. The van der Waals surface area contributed by atoms with Crippen LogP contribution < -0.4 is 14.4 Å². The van der Waals surface area contributed by atoms with Gasteiger partial charge in [-0.05, 0) is 25.2 Å². The molecule has 0 saturated carbocycles. The Morgan fingerprint density at radius 3 is 2.44 bits per heavy atom. The Kier molecular flexibility index (Phi) is 5.62. The maximum absolute atomic E-state index is 13.7. The molecule has 0 atom stereocenters. The summed E-state index contributed by atoms with van der Waals surface area (Å²) >= 11 is 0. The van der Waals surface area contributed by atoms with Crippen molar-refractivity contribution in [3.63, 3.8) is 0 Å². The Morgan fingerprint density at radius 1 is 1.00 bits per heavy atom. The van der Waals surface area contributed by atoms with Gasteiger partial charge in [0.2, 0.25) is 26.6 Å². The van der Waals surface area contributed by atoms with Crippen LogP contribution in [0.5, 0.6) is 11.5 Å². The van der Waals surface area contributed by atoms with Crippen molar-refractivity contribution in [2.24, 2.45) is 0 Å². The number of piperazine rings is 1. The number of hydrogen-bond donors (Lipinski definition) is 0. The van der Waals surface area contributed by atoms with Crippen LogP contribution in [-0.4, -0.2) is 69.7 Å². The van der Waals surface area contributed by atoms with Gasteiger partial charge >= 0.3 is 0 Å². The second kappa shape index (κ2) is 8.61. The minimum absolute atomic E-state index is 0.0328. The Labute approximate surface area is 195 Å². The first-order valence-electron chi connectivity index (χ1n) is 10.7. The van der Waals surface area contributed by atoms with Crippen LogP contribution in [-0.2, 0) is 9.84 Å². The number of rotatable bonds is 5. The highest BCUT2D eigenvalue weighted by Crippen LogP contribution is 2.40. The van der Waals surface area contributed by atoms with Crippen LogP contribution in [0, 0.1) is 10.1 Å². The highest BCUT2D eigenvalue weighted by molar-refractivity contribution is 7.91. The fourth-order valence-corrected chi connectivity index (χ4v) is 5.25. The molecule has 3 heterocycles. The summed E-state index contributed by atoms with van der Waals surface area (Å²) in [4.78, 5) is 19.2. The highest BCUT2D eigenvalue weighted by atomic mass is 32.2. The average Bonchev–Trinajstić information content (AvgIpc) is 3.30. The number of anilines is 1. The molecule has 12 heteroatoms. The van der Waals surface area contributed by atoms with Crippen molar-refractivity contribution in [2.75, 3.05) is 51.3 Å². The maximum Gasteiger partial charge on any atom is 0.282 e. The van der Waals surface area contributed by atoms with E-state index < -0.39 is 14.8 Å². The largest absolute Gasteiger partial charge is 0.486 e. The van der Waals surface area contributed by atoms with Gasteiger partial charge in [-0.2, -0.15) is 4.98 Å². The van der Waals surface area contributed by atoms with Gasteiger partial charge in [-0.15, -0.1) is 0 Å². The summed E-state index contributed by atoms with van der Waals surface area (Å²) in [6.07, 6.45) is 0. The van der Waals surface area contributed by atoms with Crippen LogP contribution in [0.25, 0.3) is 11.5 Å². The van der Waals surface area contributed by atoms with E-state index in [4.69, 9.17) is 13.9 Å². The molecule has 2 aliphatic rings. The van der Waals surface area contributed by atoms with Gasteiger partial charge in [-0.25, -0.2) is 8.42 Å². The standard InChI is InChI=1S/C22H22N4O7S/c1-24-8-10-25(11-9-24)22-21(23-20(33-22)16-4-2-3-5-17(16)26(27)28)34(29,30)15-6-7-18-19(14-15)32-13-12-31-18/h2-7,14H,8-13H2,1H3. The summed E-state index contributed by atoms with van der Waals surface area (Å²) in [5.41, 5.74) is -0.122. The molecule has 0 amide bonds. The molecule has 178 valence electrons. The fraction of sp³-hybridized carbons (Fsp3) is 0.318. The fourth-order valence-electron chi connectivity index (χ4n) is 3.91. The number of nitro benzene ring substituents is 1. The van der Waals surface area contributed by atoms with Gasteiger partial charge < -0.3 is 23.7 Å². The third kappa shape index (κ3) is 3.94. The van der Waals surface area contributed by atoms with Crippen molar-refractivity contribution in [3.8, 4) is 23.0 Å². The van der Waals surface area contributed by atoms with Crippen molar-refractivity contribution < 1.29 is 27.2 Å². The smallest absolute Gasteiger partial charge is 0.282 e. The Hall–Kier alpha value is -3.64. The van der Waals surface area contributed by atoms with Crippen molar-refractivity contribution in [2.45, 2.75) is 9.92 Å². The van der Waals surface area contributed by atoms with Gasteiger partial charge in [0.25, 0.3) is 5.69 Å². The number of sulfone groups is 1. The topological polar surface area (TPSA) is 128 Å². The van der Waals surface area contributed by atoms with E-state index in [1.54, 1.807) is 17.0 Å². The van der Waals surface area contributed by atoms with E-state index in [9.17, 15) is 18.5 Å².